The van der Waals surface area contributed by atoms with Gasteiger partial charge in [0.25, 0.3) is 5.56 Å². The van der Waals surface area contributed by atoms with Crippen molar-refractivity contribution in [3.05, 3.63) is 26.7 Å². The lowest BCUT2D eigenvalue weighted by atomic mass is 10.5. The second-order valence-electron chi connectivity index (χ2n) is 3.60. The molecule has 0 amide bonds. The van der Waals surface area contributed by atoms with E-state index in [4.69, 9.17) is 0 Å². The predicted molar refractivity (Wildman–Crippen MR) is 56.0 cm³/mol. The van der Waals surface area contributed by atoms with Crippen LogP contribution in [0.15, 0.2) is 9.59 Å². The fourth-order valence-corrected chi connectivity index (χ4v) is 1.68. The van der Waals surface area contributed by atoms with E-state index in [-0.39, 0.29) is 17.0 Å². The van der Waals surface area contributed by atoms with E-state index in [1.54, 1.807) is 7.05 Å². The molecule has 0 fully saturated rings. The van der Waals surface area contributed by atoms with Crippen LogP contribution < -0.4 is 11.2 Å². The number of imidazole rings is 1. The maximum absolute atomic E-state index is 12.6. The minimum atomic E-state index is -0.775. The van der Waals surface area contributed by atoms with Crippen LogP contribution in [0.1, 0.15) is 5.82 Å². The van der Waals surface area contributed by atoms with Gasteiger partial charge in [0.2, 0.25) is 0 Å². The van der Waals surface area contributed by atoms with Crippen molar-refractivity contribution >= 4 is 11.2 Å². The Labute approximate surface area is 89.6 Å². The van der Waals surface area contributed by atoms with E-state index in [0.29, 0.717) is 0 Å². The summed E-state index contributed by atoms with van der Waals surface area (Å²) in [6.07, 6.45) is 0. The third-order valence-corrected chi connectivity index (χ3v) is 2.69. The summed E-state index contributed by atoms with van der Waals surface area (Å²) in [5.74, 6) is 0.133. The molecule has 0 aliphatic carbocycles. The van der Waals surface area contributed by atoms with Gasteiger partial charge in [0, 0.05) is 21.1 Å². The first kappa shape index (κ1) is 10.6. The van der Waals surface area contributed by atoms with E-state index in [2.05, 4.69) is 4.98 Å². The molecule has 0 saturated carbocycles. The van der Waals surface area contributed by atoms with Crippen LogP contribution in [-0.2, 0) is 27.8 Å². The molecule has 0 aliphatic heterocycles. The van der Waals surface area contributed by atoms with Crippen LogP contribution in [0.4, 0.5) is 4.39 Å². The van der Waals surface area contributed by atoms with Gasteiger partial charge in [-0.15, -0.1) is 0 Å². The summed E-state index contributed by atoms with van der Waals surface area (Å²) < 4.78 is 16.2. The third-order valence-electron chi connectivity index (χ3n) is 2.69. The molecule has 2 aromatic rings. The number of nitrogens with zero attached hydrogens (tertiary/aromatic N) is 4. The van der Waals surface area contributed by atoms with Gasteiger partial charge in [-0.05, 0) is 0 Å². The molecule has 2 rings (SSSR count). The number of alkyl halides is 1. The Morgan fingerprint density at radius 1 is 1.12 bits per heavy atom. The molecule has 2 heterocycles. The Hall–Kier alpha value is -1.92. The van der Waals surface area contributed by atoms with Crippen molar-refractivity contribution < 1.29 is 4.39 Å². The number of aromatic nitrogens is 4. The lowest BCUT2D eigenvalue weighted by Crippen LogP contribution is -2.37. The molecular formula is C9H11FN4O2. The smallest absolute Gasteiger partial charge is 0.323 e. The molecule has 0 N–H and O–H groups in total. The normalized spacial score (nSPS) is 11.2. The van der Waals surface area contributed by atoms with Gasteiger partial charge in [0.1, 0.15) is 12.5 Å². The second-order valence-corrected chi connectivity index (χ2v) is 3.60. The quantitative estimate of drug-likeness (QED) is 0.655. The number of hydrogen-bond donors (Lipinski definition) is 0. The summed E-state index contributed by atoms with van der Waals surface area (Å²) in [6.45, 7) is -0.775. The van der Waals surface area contributed by atoms with Crippen molar-refractivity contribution in [3.8, 4) is 0 Å². The second kappa shape index (κ2) is 3.29. The average molecular weight is 226 g/mol. The van der Waals surface area contributed by atoms with E-state index in [1.165, 1.54) is 23.2 Å². The zero-order chi connectivity index (χ0) is 12.0. The van der Waals surface area contributed by atoms with Crippen LogP contribution in [-0.4, -0.2) is 18.7 Å². The zero-order valence-corrected chi connectivity index (χ0v) is 9.19. The summed E-state index contributed by atoms with van der Waals surface area (Å²) in [5, 5.41) is 0. The average Bonchev–Trinajstić information content (AvgIpc) is 2.61. The summed E-state index contributed by atoms with van der Waals surface area (Å²) in [6, 6.07) is 0. The monoisotopic (exact) mass is 226 g/mol. The van der Waals surface area contributed by atoms with Gasteiger partial charge in [-0.25, -0.2) is 14.2 Å². The lowest BCUT2D eigenvalue weighted by Gasteiger charge is -2.02. The van der Waals surface area contributed by atoms with Crippen LogP contribution in [0.25, 0.3) is 11.2 Å². The van der Waals surface area contributed by atoms with Crippen LogP contribution in [0.3, 0.4) is 0 Å². The van der Waals surface area contributed by atoms with Gasteiger partial charge in [-0.3, -0.25) is 13.9 Å². The Morgan fingerprint density at radius 2 is 1.75 bits per heavy atom. The first-order valence-corrected chi connectivity index (χ1v) is 4.66. The molecule has 0 bridgehead atoms. The fourth-order valence-electron chi connectivity index (χ4n) is 1.68. The summed E-state index contributed by atoms with van der Waals surface area (Å²) in [7, 11) is 4.43. The standard InChI is InChI=1S/C9H11FN4O2/c1-12-5(4-10)11-7-6(12)8(15)14(3)9(16)13(7)2/h4H2,1-3H3. The number of halogens is 1. The van der Waals surface area contributed by atoms with Crippen molar-refractivity contribution in [2.75, 3.05) is 0 Å². The van der Waals surface area contributed by atoms with Crippen LogP contribution in [0, 0.1) is 0 Å². The molecule has 6 nitrogen and oxygen atoms in total. The lowest BCUT2D eigenvalue weighted by molar-refractivity contribution is 0.457. The molecule has 0 unspecified atom stereocenters. The molecule has 0 atom stereocenters. The molecule has 7 heteroatoms. The number of rotatable bonds is 1. The van der Waals surface area contributed by atoms with Gasteiger partial charge in [-0.1, -0.05) is 0 Å². The van der Waals surface area contributed by atoms with E-state index in [9.17, 15) is 14.0 Å². The summed E-state index contributed by atoms with van der Waals surface area (Å²) in [4.78, 5) is 27.3. The van der Waals surface area contributed by atoms with Crippen LogP contribution >= 0.6 is 0 Å². The molecule has 0 spiro atoms. The van der Waals surface area contributed by atoms with Crippen molar-refractivity contribution in [3.63, 3.8) is 0 Å². The van der Waals surface area contributed by atoms with Crippen molar-refractivity contribution in [1.29, 1.82) is 0 Å². The third kappa shape index (κ3) is 1.14. The van der Waals surface area contributed by atoms with Gasteiger partial charge >= 0.3 is 5.69 Å². The largest absolute Gasteiger partial charge is 0.332 e. The van der Waals surface area contributed by atoms with Crippen LogP contribution in [0.5, 0.6) is 0 Å². The highest BCUT2D eigenvalue weighted by Gasteiger charge is 2.16. The maximum atomic E-state index is 12.6. The molecule has 0 aromatic carbocycles. The van der Waals surface area contributed by atoms with E-state index in [0.717, 1.165) is 4.57 Å². The zero-order valence-electron chi connectivity index (χ0n) is 9.19. The highest BCUT2D eigenvalue weighted by atomic mass is 19.1. The fraction of sp³-hybridized carbons (Fsp3) is 0.444. The molecule has 0 aliphatic rings. The highest BCUT2D eigenvalue weighted by Crippen LogP contribution is 2.09. The summed E-state index contributed by atoms with van der Waals surface area (Å²) in [5.41, 5.74) is -0.491. The predicted octanol–water partition coefficient (Wildman–Crippen LogP) is -0.560. The first-order chi connectivity index (χ1) is 7.49. The Kier molecular flexibility index (Phi) is 2.18. The maximum Gasteiger partial charge on any atom is 0.332 e. The molecule has 16 heavy (non-hydrogen) atoms. The SMILES string of the molecule is Cn1c(=O)c2c(nc(CF)n2C)n(C)c1=O. The van der Waals surface area contributed by atoms with E-state index in [1.807, 2.05) is 0 Å². The summed E-state index contributed by atoms with van der Waals surface area (Å²) >= 11 is 0. The minimum Gasteiger partial charge on any atom is -0.323 e. The number of fused-ring (bicyclic) bond motifs is 1. The number of hydrogen-bond acceptors (Lipinski definition) is 3. The van der Waals surface area contributed by atoms with E-state index < -0.39 is 17.9 Å². The van der Waals surface area contributed by atoms with Gasteiger partial charge in [-0.2, -0.15) is 0 Å². The Bertz CT molecular complexity index is 679. The van der Waals surface area contributed by atoms with Crippen molar-refractivity contribution in [2.24, 2.45) is 21.1 Å². The molecular weight excluding hydrogens is 215 g/mol. The Balaban J connectivity index is 3.13. The minimum absolute atomic E-state index is 0.133. The van der Waals surface area contributed by atoms with Crippen molar-refractivity contribution in [2.45, 2.75) is 6.67 Å². The van der Waals surface area contributed by atoms with Gasteiger partial charge < -0.3 is 4.57 Å². The molecule has 0 saturated heterocycles. The Morgan fingerprint density at radius 3 is 2.31 bits per heavy atom. The highest BCUT2D eigenvalue weighted by molar-refractivity contribution is 5.70. The van der Waals surface area contributed by atoms with Gasteiger partial charge in [0.05, 0.1) is 0 Å². The molecule has 86 valence electrons. The van der Waals surface area contributed by atoms with Crippen molar-refractivity contribution in [1.82, 2.24) is 18.7 Å². The first-order valence-electron chi connectivity index (χ1n) is 4.66. The topological polar surface area (TPSA) is 61.8 Å². The number of aryl methyl sites for hydroxylation is 2. The van der Waals surface area contributed by atoms with E-state index >= 15 is 0 Å². The molecule has 0 radical (unpaired) electrons. The molecule has 2 aromatic heterocycles. The van der Waals surface area contributed by atoms with Crippen LogP contribution in [0.2, 0.25) is 0 Å². The van der Waals surface area contributed by atoms with Gasteiger partial charge in [0.15, 0.2) is 11.2 Å².